The maximum absolute atomic E-state index is 15.8. The lowest BCUT2D eigenvalue weighted by Crippen LogP contribution is -2.02. The number of nitrogens with zero attached hydrogens (tertiary/aromatic N) is 1. The zero-order valence-corrected chi connectivity index (χ0v) is 20.2. The smallest absolute Gasteiger partial charge is 0.160 e. The van der Waals surface area contributed by atoms with Gasteiger partial charge in [-0.3, -0.25) is 0 Å². The third kappa shape index (κ3) is 4.84. The minimum absolute atomic E-state index is 0.128. The van der Waals surface area contributed by atoms with E-state index in [-0.39, 0.29) is 63.8 Å². The molecule has 0 bridgehead atoms. The molecule has 0 amide bonds. The van der Waals surface area contributed by atoms with E-state index in [1.807, 2.05) is 0 Å². The Bertz CT molecular complexity index is 1240. The Morgan fingerprint density at radius 1 is 0.438 bits per heavy atom. The van der Waals surface area contributed by atoms with Gasteiger partial charge in [0.25, 0.3) is 0 Å². The quantitative estimate of drug-likeness (QED) is 0.248. The molecular formula is C23H9Cl6F2N. The van der Waals surface area contributed by atoms with Gasteiger partial charge in [-0.15, -0.1) is 0 Å². The fourth-order valence-electron chi connectivity index (χ4n) is 3.26. The SMILES string of the molecule is Fc1c(-c2cc(Cl)cc(Cl)c2)nc(-c2cc(Cl)cc(Cl)c2)c(F)c1-c1cc(Cl)cc(Cl)c1. The van der Waals surface area contributed by atoms with Crippen molar-refractivity contribution in [2.45, 2.75) is 0 Å². The maximum atomic E-state index is 15.8. The molecule has 162 valence electrons. The molecule has 0 aliphatic heterocycles. The normalized spacial score (nSPS) is 11.1. The van der Waals surface area contributed by atoms with Gasteiger partial charge in [-0.05, 0) is 60.2 Å². The monoisotopic (exact) mass is 547 g/mol. The number of benzene rings is 3. The molecule has 0 unspecified atom stereocenters. The van der Waals surface area contributed by atoms with E-state index < -0.39 is 11.6 Å². The minimum Gasteiger partial charge on any atom is -0.242 e. The van der Waals surface area contributed by atoms with Crippen LogP contribution in [0.3, 0.4) is 0 Å². The number of hydrogen-bond acceptors (Lipinski definition) is 1. The Morgan fingerprint density at radius 2 is 0.719 bits per heavy atom. The number of pyridine rings is 1. The van der Waals surface area contributed by atoms with Crippen LogP contribution in [0, 0.1) is 11.6 Å². The van der Waals surface area contributed by atoms with Crippen LogP contribution in [0.4, 0.5) is 8.78 Å². The molecule has 3 aromatic carbocycles. The summed E-state index contributed by atoms with van der Waals surface area (Å²) in [5.74, 6) is -1.87. The molecule has 1 nitrogen and oxygen atoms in total. The first kappa shape index (κ1) is 23.6. The molecule has 1 aromatic heterocycles. The van der Waals surface area contributed by atoms with Gasteiger partial charge in [-0.25, -0.2) is 13.8 Å². The van der Waals surface area contributed by atoms with Crippen molar-refractivity contribution < 1.29 is 8.78 Å². The molecule has 4 rings (SSSR count). The molecule has 9 heteroatoms. The van der Waals surface area contributed by atoms with Crippen molar-refractivity contribution in [1.29, 1.82) is 0 Å². The van der Waals surface area contributed by atoms with Crippen molar-refractivity contribution in [3.63, 3.8) is 0 Å². The fourth-order valence-corrected chi connectivity index (χ4v) is 4.84. The summed E-state index contributed by atoms with van der Waals surface area (Å²) in [6.45, 7) is 0. The summed E-state index contributed by atoms with van der Waals surface area (Å²) in [5, 5.41) is 1.47. The highest BCUT2D eigenvalue weighted by atomic mass is 35.5. The van der Waals surface area contributed by atoms with Crippen LogP contribution in [0.2, 0.25) is 30.1 Å². The predicted molar refractivity (Wildman–Crippen MR) is 131 cm³/mol. The van der Waals surface area contributed by atoms with Crippen LogP contribution in [-0.2, 0) is 0 Å². The van der Waals surface area contributed by atoms with E-state index in [9.17, 15) is 0 Å². The van der Waals surface area contributed by atoms with Crippen molar-refractivity contribution in [2.24, 2.45) is 0 Å². The maximum Gasteiger partial charge on any atom is 0.160 e. The lowest BCUT2D eigenvalue weighted by Gasteiger charge is -2.15. The summed E-state index contributed by atoms with van der Waals surface area (Å²) >= 11 is 36.6. The van der Waals surface area contributed by atoms with Gasteiger partial charge in [-0.2, -0.15) is 0 Å². The summed E-state index contributed by atoms with van der Waals surface area (Å²) in [6.07, 6.45) is 0. The lowest BCUT2D eigenvalue weighted by atomic mass is 9.98. The molecule has 0 fully saturated rings. The minimum atomic E-state index is -0.934. The van der Waals surface area contributed by atoms with Crippen LogP contribution in [0.25, 0.3) is 33.6 Å². The van der Waals surface area contributed by atoms with Gasteiger partial charge in [0.05, 0.1) is 5.56 Å². The molecule has 0 aliphatic carbocycles. The van der Waals surface area contributed by atoms with Crippen LogP contribution in [-0.4, -0.2) is 4.98 Å². The summed E-state index contributed by atoms with van der Waals surface area (Å²) in [6, 6.07) is 13.1. The third-order valence-corrected chi connectivity index (χ3v) is 5.81. The standard InChI is InChI=1S/C23H9Cl6F2N/c24-13-1-10(2-14(25)7-13)19-20(30)22(11-3-15(26)8-16(27)4-11)32-23(21(19)31)12-5-17(28)9-18(29)6-12/h1-9H. The molecule has 0 radical (unpaired) electrons. The second kappa shape index (κ2) is 9.34. The van der Waals surface area contributed by atoms with E-state index >= 15 is 8.78 Å². The van der Waals surface area contributed by atoms with E-state index in [2.05, 4.69) is 4.98 Å². The zero-order valence-electron chi connectivity index (χ0n) is 15.7. The first-order valence-corrected chi connectivity index (χ1v) is 11.2. The Kier molecular flexibility index (Phi) is 6.88. The Morgan fingerprint density at radius 3 is 1.03 bits per heavy atom. The van der Waals surface area contributed by atoms with Gasteiger partial charge in [0.15, 0.2) is 11.6 Å². The van der Waals surface area contributed by atoms with Crippen LogP contribution >= 0.6 is 69.6 Å². The second-order valence-corrected chi connectivity index (χ2v) is 9.40. The number of hydrogen-bond donors (Lipinski definition) is 0. The number of halogens is 8. The molecule has 0 aliphatic rings. The van der Waals surface area contributed by atoms with Gasteiger partial charge in [0, 0.05) is 41.3 Å². The average molecular weight is 550 g/mol. The van der Waals surface area contributed by atoms with Crippen molar-refractivity contribution in [1.82, 2.24) is 4.98 Å². The van der Waals surface area contributed by atoms with E-state index in [4.69, 9.17) is 69.6 Å². The van der Waals surface area contributed by atoms with Gasteiger partial charge >= 0.3 is 0 Å². The topological polar surface area (TPSA) is 12.9 Å². The van der Waals surface area contributed by atoms with Crippen LogP contribution in [0.1, 0.15) is 0 Å². The first-order valence-electron chi connectivity index (χ1n) is 8.91. The molecule has 1 heterocycles. The highest BCUT2D eigenvalue weighted by molar-refractivity contribution is 6.36. The molecule has 0 spiro atoms. The average Bonchev–Trinajstić information content (AvgIpc) is 2.65. The lowest BCUT2D eigenvalue weighted by molar-refractivity contribution is 0.585. The van der Waals surface area contributed by atoms with E-state index in [0.29, 0.717) is 0 Å². The number of aromatic nitrogens is 1. The van der Waals surface area contributed by atoms with Gasteiger partial charge < -0.3 is 0 Å². The van der Waals surface area contributed by atoms with Crippen molar-refractivity contribution in [3.8, 4) is 33.6 Å². The van der Waals surface area contributed by atoms with Crippen LogP contribution < -0.4 is 0 Å². The molecule has 0 saturated heterocycles. The van der Waals surface area contributed by atoms with E-state index in [1.165, 1.54) is 54.6 Å². The van der Waals surface area contributed by atoms with Crippen LogP contribution in [0.15, 0.2) is 54.6 Å². The van der Waals surface area contributed by atoms with Gasteiger partial charge in [-0.1, -0.05) is 69.6 Å². The number of rotatable bonds is 3. The largest absolute Gasteiger partial charge is 0.242 e. The molecule has 0 N–H and O–H groups in total. The molecule has 0 atom stereocenters. The highest BCUT2D eigenvalue weighted by Gasteiger charge is 2.25. The zero-order chi connectivity index (χ0) is 23.2. The van der Waals surface area contributed by atoms with Crippen molar-refractivity contribution in [3.05, 3.63) is 96.4 Å². The van der Waals surface area contributed by atoms with Crippen molar-refractivity contribution in [2.75, 3.05) is 0 Å². The molecule has 4 aromatic rings. The Labute approximate surface area is 212 Å². The summed E-state index contributed by atoms with van der Waals surface area (Å²) in [7, 11) is 0. The highest BCUT2D eigenvalue weighted by Crippen LogP contribution is 2.40. The summed E-state index contributed by atoms with van der Waals surface area (Å²) < 4.78 is 31.5. The van der Waals surface area contributed by atoms with Crippen molar-refractivity contribution >= 4 is 69.6 Å². The van der Waals surface area contributed by atoms with Gasteiger partial charge in [0.1, 0.15) is 11.4 Å². The molecule has 0 saturated carbocycles. The fraction of sp³-hybridized carbons (Fsp3) is 0. The van der Waals surface area contributed by atoms with Crippen LogP contribution in [0.5, 0.6) is 0 Å². The molecular weight excluding hydrogens is 541 g/mol. The first-order chi connectivity index (χ1) is 15.1. The Hall–Kier alpha value is -1.59. The third-order valence-electron chi connectivity index (χ3n) is 4.50. The van der Waals surface area contributed by atoms with E-state index in [0.717, 1.165) is 0 Å². The van der Waals surface area contributed by atoms with Gasteiger partial charge in [0.2, 0.25) is 0 Å². The summed E-state index contributed by atoms with van der Waals surface area (Å²) in [4.78, 5) is 4.26. The second-order valence-electron chi connectivity index (χ2n) is 6.79. The predicted octanol–water partition coefficient (Wildman–Crippen LogP) is 10.3. The molecule has 32 heavy (non-hydrogen) atoms. The summed E-state index contributed by atoms with van der Waals surface area (Å²) in [5.41, 5.74) is -0.0845. The van der Waals surface area contributed by atoms with E-state index in [1.54, 1.807) is 0 Å². The Balaban J connectivity index is 2.11.